The lowest BCUT2D eigenvalue weighted by Gasteiger charge is -2.30. The zero-order valence-electron chi connectivity index (χ0n) is 20.7. The van der Waals surface area contributed by atoms with Gasteiger partial charge in [0.05, 0.1) is 18.3 Å². The average molecular weight is 520 g/mol. The third kappa shape index (κ3) is 5.49. The summed E-state index contributed by atoms with van der Waals surface area (Å²) in [6.07, 6.45) is -0.0575. The minimum Gasteiger partial charge on any atom is -0.493 e. The maximum Gasteiger partial charge on any atom is 0.255 e. The minimum atomic E-state index is -0.753. The number of aliphatic hydroxyl groups is 1. The summed E-state index contributed by atoms with van der Waals surface area (Å²) in [6.45, 7) is 3.78. The molecule has 2 amide bonds. The summed E-state index contributed by atoms with van der Waals surface area (Å²) in [5.74, 6) is -0.0971. The Hall–Kier alpha value is -3.39. The quantitative estimate of drug-likeness (QED) is 0.422. The molecule has 5 rings (SSSR count). The second-order valence-electron chi connectivity index (χ2n) is 9.47. The number of carbonyl (C=O) groups is 2. The first-order chi connectivity index (χ1) is 17.9. The first-order valence-electron chi connectivity index (χ1n) is 12.5. The van der Waals surface area contributed by atoms with Crippen LogP contribution in [0.4, 0.5) is 0 Å². The lowest BCUT2D eigenvalue weighted by Crippen LogP contribution is -2.49. The molecule has 2 heterocycles. The van der Waals surface area contributed by atoms with E-state index in [0.717, 1.165) is 11.1 Å². The number of fused-ring (bicyclic) bond motifs is 2. The topological polar surface area (TPSA) is 90.9 Å². The molecular formula is C29H30ClN3O4. The van der Waals surface area contributed by atoms with Crippen LogP contribution >= 0.6 is 11.6 Å². The lowest BCUT2D eigenvalue weighted by molar-refractivity contribution is 0.0766. The van der Waals surface area contributed by atoms with Gasteiger partial charge in [-0.2, -0.15) is 0 Å². The molecule has 192 valence electrons. The molecule has 8 heteroatoms. The minimum absolute atomic E-state index is 0.0984. The van der Waals surface area contributed by atoms with Gasteiger partial charge in [0.25, 0.3) is 11.8 Å². The molecule has 0 saturated heterocycles. The normalized spacial score (nSPS) is 17.2. The monoisotopic (exact) mass is 519 g/mol. The van der Waals surface area contributed by atoms with Crippen molar-refractivity contribution < 1.29 is 19.4 Å². The molecule has 0 radical (unpaired) electrons. The summed E-state index contributed by atoms with van der Waals surface area (Å²) in [5.41, 5.74) is 5.03. The van der Waals surface area contributed by atoms with Gasteiger partial charge in [-0.25, -0.2) is 0 Å². The Morgan fingerprint density at radius 1 is 1.16 bits per heavy atom. The van der Waals surface area contributed by atoms with Gasteiger partial charge in [-0.15, -0.1) is 0 Å². The van der Waals surface area contributed by atoms with Gasteiger partial charge in [-0.1, -0.05) is 48.0 Å². The van der Waals surface area contributed by atoms with Crippen LogP contribution in [0.2, 0.25) is 5.02 Å². The number of ether oxygens (including phenoxy) is 1. The number of rotatable bonds is 8. The number of hydrogen-bond donors (Lipinski definition) is 3. The second kappa shape index (κ2) is 10.9. The molecule has 1 unspecified atom stereocenters. The molecule has 0 saturated carbocycles. The number of hydrogen-bond acceptors (Lipinski definition) is 5. The summed E-state index contributed by atoms with van der Waals surface area (Å²) in [5, 5.41) is 17.6. The van der Waals surface area contributed by atoms with Crippen molar-refractivity contribution in [3.63, 3.8) is 0 Å². The highest BCUT2D eigenvalue weighted by molar-refractivity contribution is 6.30. The largest absolute Gasteiger partial charge is 0.493 e. The van der Waals surface area contributed by atoms with Gasteiger partial charge in [0.2, 0.25) is 0 Å². The van der Waals surface area contributed by atoms with Crippen molar-refractivity contribution in [3.8, 4) is 5.75 Å². The second-order valence-corrected chi connectivity index (χ2v) is 9.90. The molecule has 0 aliphatic carbocycles. The number of nitrogens with zero attached hydrogens (tertiary/aromatic N) is 1. The molecule has 0 spiro atoms. The summed E-state index contributed by atoms with van der Waals surface area (Å²) in [7, 11) is 0. The van der Waals surface area contributed by atoms with Gasteiger partial charge in [-0.05, 0) is 59.9 Å². The molecule has 0 fully saturated rings. The molecule has 0 aromatic heterocycles. The van der Waals surface area contributed by atoms with Gasteiger partial charge in [0.1, 0.15) is 5.75 Å². The van der Waals surface area contributed by atoms with Crippen molar-refractivity contribution in [1.82, 2.24) is 15.5 Å². The van der Waals surface area contributed by atoms with Gasteiger partial charge < -0.3 is 25.4 Å². The van der Waals surface area contributed by atoms with Crippen LogP contribution in [0.3, 0.4) is 0 Å². The van der Waals surface area contributed by atoms with Crippen molar-refractivity contribution in [2.24, 2.45) is 0 Å². The first kappa shape index (κ1) is 25.3. The number of benzene rings is 3. The summed E-state index contributed by atoms with van der Waals surface area (Å²) >= 11 is 6.10. The van der Waals surface area contributed by atoms with E-state index in [0.29, 0.717) is 54.6 Å². The number of aliphatic hydroxyl groups excluding tert-OH is 1. The van der Waals surface area contributed by atoms with Crippen molar-refractivity contribution >= 4 is 23.4 Å². The molecule has 3 N–H and O–H groups in total. The zero-order chi connectivity index (χ0) is 25.9. The van der Waals surface area contributed by atoms with Crippen LogP contribution < -0.4 is 15.4 Å². The van der Waals surface area contributed by atoms with Crippen molar-refractivity contribution in [2.75, 3.05) is 13.2 Å². The molecule has 37 heavy (non-hydrogen) atoms. The Morgan fingerprint density at radius 2 is 1.97 bits per heavy atom. The number of amides is 2. The average Bonchev–Trinajstić information content (AvgIpc) is 3.20. The predicted octanol–water partition coefficient (Wildman–Crippen LogP) is 3.70. The van der Waals surface area contributed by atoms with Crippen molar-refractivity contribution in [3.05, 3.63) is 99.1 Å². The van der Waals surface area contributed by atoms with E-state index in [1.807, 2.05) is 37.3 Å². The Balaban J connectivity index is 1.27. The molecular weight excluding hydrogens is 490 g/mol. The van der Waals surface area contributed by atoms with Gasteiger partial charge >= 0.3 is 0 Å². The molecule has 7 nitrogen and oxygen atoms in total. The first-order valence-corrected chi connectivity index (χ1v) is 12.9. The summed E-state index contributed by atoms with van der Waals surface area (Å²) in [4.78, 5) is 28.0. The van der Waals surface area contributed by atoms with E-state index < -0.39 is 6.10 Å². The van der Waals surface area contributed by atoms with E-state index in [1.54, 1.807) is 23.1 Å². The SMILES string of the molecule is CCOc1cc2c(cc1C(=O)NCC(O)[C@@H]1Cc3ccccc3CN1)CN(Cc1cccc(Cl)c1)C2=O. The maximum absolute atomic E-state index is 13.2. The van der Waals surface area contributed by atoms with Gasteiger partial charge in [-0.3, -0.25) is 9.59 Å². The van der Waals surface area contributed by atoms with Gasteiger partial charge in [0.15, 0.2) is 0 Å². The molecule has 3 aromatic carbocycles. The molecule has 2 aliphatic heterocycles. The molecule has 2 aliphatic rings. The van der Waals surface area contributed by atoms with E-state index in [9.17, 15) is 14.7 Å². The van der Waals surface area contributed by atoms with Crippen LogP contribution in [0.5, 0.6) is 5.75 Å². The van der Waals surface area contributed by atoms with E-state index in [4.69, 9.17) is 16.3 Å². The smallest absolute Gasteiger partial charge is 0.255 e. The third-order valence-corrected chi connectivity index (χ3v) is 7.18. The maximum atomic E-state index is 13.2. The van der Waals surface area contributed by atoms with Crippen LogP contribution in [0.15, 0.2) is 60.7 Å². The highest BCUT2D eigenvalue weighted by atomic mass is 35.5. The Labute approximate surface area is 221 Å². The standard InChI is InChI=1S/C29H30ClN3O4/c1-2-37-27-13-23-21(17-33(29(23)36)16-18-6-5-9-22(30)10-18)11-24(27)28(35)32-15-26(34)25-12-19-7-3-4-8-20(19)14-31-25/h3-11,13,25-26,31,34H,2,12,14-17H2,1H3,(H,32,35)/t25-,26?/m0/s1. The van der Waals surface area contributed by atoms with E-state index in [1.165, 1.54) is 11.1 Å². The lowest BCUT2D eigenvalue weighted by atomic mass is 9.93. The summed E-state index contributed by atoms with van der Waals surface area (Å²) in [6, 6.07) is 18.8. The zero-order valence-corrected chi connectivity index (χ0v) is 21.4. The Kier molecular flexibility index (Phi) is 7.46. The molecule has 0 bridgehead atoms. The third-order valence-electron chi connectivity index (χ3n) is 6.94. The van der Waals surface area contributed by atoms with Crippen LogP contribution in [-0.2, 0) is 26.1 Å². The fourth-order valence-corrected chi connectivity index (χ4v) is 5.24. The number of nitrogens with one attached hydrogen (secondary N) is 2. The Morgan fingerprint density at radius 3 is 2.76 bits per heavy atom. The van der Waals surface area contributed by atoms with Crippen LogP contribution in [0, 0.1) is 0 Å². The van der Waals surface area contributed by atoms with Gasteiger partial charge in [0, 0.05) is 42.8 Å². The van der Waals surface area contributed by atoms with Crippen LogP contribution in [0.25, 0.3) is 0 Å². The highest BCUT2D eigenvalue weighted by Crippen LogP contribution is 2.32. The van der Waals surface area contributed by atoms with E-state index in [2.05, 4.69) is 22.8 Å². The fraction of sp³-hybridized carbons (Fsp3) is 0.310. The van der Waals surface area contributed by atoms with E-state index >= 15 is 0 Å². The van der Waals surface area contributed by atoms with Crippen molar-refractivity contribution in [1.29, 1.82) is 0 Å². The Bertz CT molecular complexity index is 1330. The summed E-state index contributed by atoms with van der Waals surface area (Å²) < 4.78 is 5.74. The molecule has 2 atom stereocenters. The number of carbonyl (C=O) groups excluding carboxylic acids is 2. The predicted molar refractivity (Wildman–Crippen MR) is 142 cm³/mol. The van der Waals surface area contributed by atoms with Crippen LogP contribution in [0.1, 0.15) is 49.9 Å². The van der Waals surface area contributed by atoms with E-state index in [-0.39, 0.29) is 24.4 Å². The highest BCUT2D eigenvalue weighted by Gasteiger charge is 2.31. The van der Waals surface area contributed by atoms with Crippen molar-refractivity contribution in [2.45, 2.75) is 45.1 Å². The number of halogens is 1. The van der Waals surface area contributed by atoms with Crippen LogP contribution in [-0.4, -0.2) is 47.1 Å². The molecule has 3 aromatic rings. The fourth-order valence-electron chi connectivity index (χ4n) is 5.02.